The van der Waals surface area contributed by atoms with E-state index in [4.69, 9.17) is 0 Å². The Hall–Kier alpha value is -1.61. The number of benzene rings is 1. The maximum Gasteiger partial charge on any atom is 0.144 e. The van der Waals surface area contributed by atoms with Gasteiger partial charge < -0.3 is 9.80 Å². The maximum absolute atomic E-state index is 10.4. The van der Waals surface area contributed by atoms with Gasteiger partial charge in [0.15, 0.2) is 0 Å². The second-order valence-electron chi connectivity index (χ2n) is 4.40. The first-order chi connectivity index (χ1) is 8.31. The zero-order chi connectivity index (χ0) is 12.1. The van der Waals surface area contributed by atoms with E-state index in [1.54, 1.807) is 6.08 Å². The van der Waals surface area contributed by atoms with E-state index in [1.165, 1.54) is 5.56 Å². The number of carbonyl (C=O) groups excluding carboxylic acids is 1. The van der Waals surface area contributed by atoms with Gasteiger partial charge in [-0.25, -0.2) is 0 Å². The highest BCUT2D eigenvalue weighted by Crippen LogP contribution is 2.24. The van der Waals surface area contributed by atoms with Crippen LogP contribution >= 0.6 is 0 Å². The smallest absolute Gasteiger partial charge is 0.144 e. The topological polar surface area (TPSA) is 23.6 Å². The molecule has 0 aromatic heterocycles. The van der Waals surface area contributed by atoms with E-state index in [0.29, 0.717) is 6.04 Å². The molecule has 0 radical (unpaired) electrons. The Balaban J connectivity index is 2.19. The van der Waals surface area contributed by atoms with Crippen LogP contribution in [0.5, 0.6) is 0 Å². The van der Waals surface area contributed by atoms with E-state index in [-0.39, 0.29) is 0 Å². The molecule has 0 N–H and O–H groups in total. The van der Waals surface area contributed by atoms with Crippen molar-refractivity contribution in [1.29, 1.82) is 0 Å². The van der Waals surface area contributed by atoms with Gasteiger partial charge in [-0.1, -0.05) is 30.3 Å². The van der Waals surface area contributed by atoms with Crippen LogP contribution in [0.15, 0.2) is 42.6 Å². The molecule has 1 aliphatic heterocycles. The van der Waals surface area contributed by atoms with Crippen LogP contribution in [0.3, 0.4) is 0 Å². The predicted octanol–water partition coefficient (Wildman–Crippen LogP) is 1.69. The summed E-state index contributed by atoms with van der Waals surface area (Å²) in [5, 5.41) is 0. The van der Waals surface area contributed by atoms with Gasteiger partial charge in [0, 0.05) is 25.8 Å². The molecule has 3 nitrogen and oxygen atoms in total. The molecular weight excluding hydrogens is 212 g/mol. The zero-order valence-corrected chi connectivity index (χ0v) is 10.1. The van der Waals surface area contributed by atoms with Crippen LogP contribution in [-0.2, 0) is 4.79 Å². The Morgan fingerprint density at radius 2 is 2.00 bits per heavy atom. The minimum Gasteiger partial charge on any atom is -0.368 e. The fourth-order valence-corrected chi connectivity index (χ4v) is 2.23. The standard InChI is InChI=1S/C14H18N2O/c1-15-9-10-16(8-5-11-17)14(12-15)13-6-3-2-4-7-13/h2-8,11,14H,9-10,12H2,1H3. The van der Waals surface area contributed by atoms with Crippen LogP contribution in [0, 0.1) is 0 Å². The molecule has 0 spiro atoms. The third kappa shape index (κ3) is 2.94. The van der Waals surface area contributed by atoms with Crippen LogP contribution < -0.4 is 0 Å². The summed E-state index contributed by atoms with van der Waals surface area (Å²) in [5.74, 6) is 0. The second-order valence-corrected chi connectivity index (χ2v) is 4.40. The molecule has 1 heterocycles. The predicted molar refractivity (Wildman–Crippen MR) is 68.6 cm³/mol. The summed E-state index contributed by atoms with van der Waals surface area (Å²) in [6.45, 7) is 2.99. The molecule has 1 fully saturated rings. The third-order valence-corrected chi connectivity index (χ3v) is 3.17. The number of piperazine rings is 1. The molecule has 1 aromatic carbocycles. The lowest BCUT2D eigenvalue weighted by atomic mass is 10.0. The van der Waals surface area contributed by atoms with Crippen molar-refractivity contribution in [2.24, 2.45) is 0 Å². The van der Waals surface area contributed by atoms with Crippen LogP contribution in [0.4, 0.5) is 0 Å². The molecule has 3 heteroatoms. The molecule has 0 bridgehead atoms. The Bertz CT molecular complexity index is 388. The first kappa shape index (κ1) is 11.9. The molecule has 0 amide bonds. The van der Waals surface area contributed by atoms with E-state index >= 15 is 0 Å². The highest BCUT2D eigenvalue weighted by atomic mass is 16.1. The Morgan fingerprint density at radius 1 is 1.24 bits per heavy atom. The summed E-state index contributed by atoms with van der Waals surface area (Å²) < 4.78 is 0. The lowest BCUT2D eigenvalue weighted by molar-refractivity contribution is -0.104. The molecule has 90 valence electrons. The van der Waals surface area contributed by atoms with Crippen molar-refractivity contribution in [3.8, 4) is 0 Å². The van der Waals surface area contributed by atoms with Gasteiger partial charge in [-0.2, -0.15) is 0 Å². The van der Waals surface area contributed by atoms with Crippen molar-refractivity contribution in [2.45, 2.75) is 6.04 Å². The molecular formula is C14H18N2O. The van der Waals surface area contributed by atoms with Crippen molar-refractivity contribution in [3.63, 3.8) is 0 Å². The second kappa shape index (κ2) is 5.64. The van der Waals surface area contributed by atoms with Crippen LogP contribution in [0.25, 0.3) is 0 Å². The average Bonchev–Trinajstić information content (AvgIpc) is 2.38. The molecule has 2 rings (SSSR count). The first-order valence-electron chi connectivity index (χ1n) is 5.92. The summed E-state index contributed by atoms with van der Waals surface area (Å²) in [6, 6.07) is 10.8. The van der Waals surface area contributed by atoms with Gasteiger partial charge in [-0.05, 0) is 18.7 Å². The van der Waals surface area contributed by atoms with E-state index in [1.807, 2.05) is 12.3 Å². The number of hydrogen-bond donors (Lipinski definition) is 0. The molecule has 1 atom stereocenters. The van der Waals surface area contributed by atoms with Crippen molar-refractivity contribution >= 4 is 6.29 Å². The molecule has 0 aliphatic carbocycles. The lowest BCUT2D eigenvalue weighted by Crippen LogP contribution is -2.44. The maximum atomic E-state index is 10.4. The molecule has 17 heavy (non-hydrogen) atoms. The van der Waals surface area contributed by atoms with E-state index in [0.717, 1.165) is 25.9 Å². The Kier molecular flexibility index (Phi) is 3.94. The summed E-state index contributed by atoms with van der Waals surface area (Å²) in [5.41, 5.74) is 1.30. The largest absolute Gasteiger partial charge is 0.368 e. The van der Waals surface area contributed by atoms with E-state index < -0.39 is 0 Å². The highest BCUT2D eigenvalue weighted by molar-refractivity contribution is 5.64. The summed E-state index contributed by atoms with van der Waals surface area (Å²) in [6.07, 6.45) is 4.30. The molecule has 1 saturated heterocycles. The van der Waals surface area contributed by atoms with Crippen molar-refractivity contribution in [1.82, 2.24) is 9.80 Å². The quantitative estimate of drug-likeness (QED) is 0.583. The minimum absolute atomic E-state index is 0.339. The van der Waals surface area contributed by atoms with Crippen LogP contribution in [0.2, 0.25) is 0 Å². The highest BCUT2D eigenvalue weighted by Gasteiger charge is 2.23. The third-order valence-electron chi connectivity index (χ3n) is 3.17. The number of carbonyl (C=O) groups is 1. The molecule has 1 unspecified atom stereocenters. The van der Waals surface area contributed by atoms with Gasteiger partial charge in [0.05, 0.1) is 6.04 Å². The normalized spacial score (nSPS) is 21.9. The molecule has 0 saturated carbocycles. The number of allylic oxidation sites excluding steroid dienone is 1. The lowest BCUT2D eigenvalue weighted by Gasteiger charge is -2.39. The van der Waals surface area contributed by atoms with Crippen molar-refractivity contribution < 1.29 is 4.79 Å². The first-order valence-corrected chi connectivity index (χ1v) is 5.92. The van der Waals surface area contributed by atoms with E-state index in [9.17, 15) is 4.79 Å². The SMILES string of the molecule is CN1CCN(C=CC=O)C(c2ccccc2)C1. The monoisotopic (exact) mass is 230 g/mol. The van der Waals surface area contributed by atoms with Gasteiger partial charge >= 0.3 is 0 Å². The minimum atomic E-state index is 0.339. The molecule has 1 aliphatic rings. The summed E-state index contributed by atoms with van der Waals surface area (Å²) in [4.78, 5) is 15.0. The number of likely N-dealkylation sites (N-methyl/N-ethyl adjacent to an activating group) is 1. The van der Waals surface area contributed by atoms with Crippen molar-refractivity contribution in [3.05, 3.63) is 48.2 Å². The Labute approximate surface area is 102 Å². The van der Waals surface area contributed by atoms with Gasteiger partial charge in [0.25, 0.3) is 0 Å². The Morgan fingerprint density at radius 3 is 2.71 bits per heavy atom. The number of aldehydes is 1. The summed E-state index contributed by atoms with van der Waals surface area (Å²) in [7, 11) is 2.14. The fraction of sp³-hybridized carbons (Fsp3) is 0.357. The fourth-order valence-electron chi connectivity index (χ4n) is 2.23. The average molecular weight is 230 g/mol. The van der Waals surface area contributed by atoms with E-state index in [2.05, 4.69) is 41.1 Å². The van der Waals surface area contributed by atoms with Crippen molar-refractivity contribution in [2.75, 3.05) is 26.7 Å². The van der Waals surface area contributed by atoms with Crippen LogP contribution in [-0.4, -0.2) is 42.8 Å². The number of rotatable bonds is 3. The van der Waals surface area contributed by atoms with Gasteiger partial charge in [0.1, 0.15) is 6.29 Å². The van der Waals surface area contributed by atoms with Gasteiger partial charge in [0.2, 0.25) is 0 Å². The number of nitrogens with zero attached hydrogens (tertiary/aromatic N) is 2. The zero-order valence-electron chi connectivity index (χ0n) is 10.1. The van der Waals surface area contributed by atoms with Crippen LogP contribution in [0.1, 0.15) is 11.6 Å². The molecule has 1 aromatic rings. The van der Waals surface area contributed by atoms with Gasteiger partial charge in [-0.15, -0.1) is 0 Å². The summed E-state index contributed by atoms with van der Waals surface area (Å²) >= 11 is 0. The van der Waals surface area contributed by atoms with Gasteiger partial charge in [-0.3, -0.25) is 4.79 Å². The number of hydrogen-bond acceptors (Lipinski definition) is 3.